The van der Waals surface area contributed by atoms with E-state index < -0.39 is 0 Å². The molecule has 3 rings (SSSR count). The molecule has 2 N–H and O–H groups in total. The van der Waals surface area contributed by atoms with Crippen molar-refractivity contribution in [3.8, 4) is 5.75 Å². The first kappa shape index (κ1) is 18.4. The molecule has 2 aromatic carbocycles. The lowest BCUT2D eigenvalue weighted by Gasteiger charge is -2.21. The highest BCUT2D eigenvalue weighted by Gasteiger charge is 2.23. The zero-order chi connectivity index (χ0) is 18.4. The van der Waals surface area contributed by atoms with Crippen LogP contribution in [0.15, 0.2) is 53.5 Å². The molecule has 138 valence electrons. The molecule has 1 fully saturated rings. The molecule has 0 radical (unpaired) electrons. The van der Waals surface area contributed by atoms with Crippen LogP contribution in [0.4, 0.5) is 5.69 Å². The normalized spacial score (nSPS) is 17.3. The summed E-state index contributed by atoms with van der Waals surface area (Å²) < 4.78 is 5.40. The van der Waals surface area contributed by atoms with Gasteiger partial charge in [-0.05, 0) is 30.7 Å². The van der Waals surface area contributed by atoms with Crippen LogP contribution in [0, 0.1) is 0 Å². The third kappa shape index (κ3) is 4.61. The third-order valence-corrected chi connectivity index (χ3v) is 4.80. The smallest absolute Gasteiger partial charge is 0.191 e. The van der Waals surface area contributed by atoms with Crippen molar-refractivity contribution in [1.82, 2.24) is 10.6 Å². The Kier molecular flexibility index (Phi) is 6.23. The number of aliphatic imine (C=N–C) groups is 1. The maximum absolute atomic E-state index is 6.11. The number of hydrogen-bond donors (Lipinski definition) is 2. The van der Waals surface area contributed by atoms with E-state index >= 15 is 0 Å². The van der Waals surface area contributed by atoms with Gasteiger partial charge >= 0.3 is 0 Å². The molecule has 1 saturated heterocycles. The molecule has 0 aromatic heterocycles. The van der Waals surface area contributed by atoms with E-state index in [1.54, 1.807) is 14.2 Å². The average Bonchev–Trinajstić information content (AvgIpc) is 3.14. The standard InChI is InChI=1S/C20H25ClN4O/c1-22-20(23-13-15-6-3-4-9-19(15)26-2)24-17-10-11-25(14-17)18-8-5-7-16(21)12-18/h3-9,12,17H,10-11,13-14H2,1-2H3,(H2,22,23,24). The fraction of sp³-hybridized carbons (Fsp3) is 0.350. The first-order valence-corrected chi connectivity index (χ1v) is 9.17. The van der Waals surface area contributed by atoms with Gasteiger partial charge in [-0.2, -0.15) is 0 Å². The van der Waals surface area contributed by atoms with Gasteiger partial charge in [0.15, 0.2) is 5.96 Å². The Morgan fingerprint density at radius 1 is 1.27 bits per heavy atom. The van der Waals surface area contributed by atoms with Crippen molar-refractivity contribution in [2.24, 2.45) is 4.99 Å². The summed E-state index contributed by atoms with van der Waals surface area (Å²) in [7, 11) is 3.48. The second kappa shape index (κ2) is 8.81. The predicted molar refractivity (Wildman–Crippen MR) is 108 cm³/mol. The number of nitrogens with one attached hydrogen (secondary N) is 2. The Hall–Kier alpha value is -2.40. The minimum atomic E-state index is 0.345. The van der Waals surface area contributed by atoms with E-state index in [9.17, 15) is 0 Å². The fourth-order valence-corrected chi connectivity index (χ4v) is 3.39. The first-order valence-electron chi connectivity index (χ1n) is 8.79. The summed E-state index contributed by atoms with van der Waals surface area (Å²) in [5.41, 5.74) is 2.27. The summed E-state index contributed by atoms with van der Waals surface area (Å²) in [5, 5.41) is 7.65. The van der Waals surface area contributed by atoms with Gasteiger partial charge in [0.2, 0.25) is 0 Å². The lowest BCUT2D eigenvalue weighted by Crippen LogP contribution is -2.44. The van der Waals surface area contributed by atoms with Gasteiger partial charge in [-0.25, -0.2) is 0 Å². The summed E-state index contributed by atoms with van der Waals surface area (Å²) in [5.74, 6) is 1.68. The van der Waals surface area contributed by atoms with E-state index in [0.29, 0.717) is 12.6 Å². The number of methoxy groups -OCH3 is 1. The largest absolute Gasteiger partial charge is 0.496 e. The van der Waals surface area contributed by atoms with E-state index in [0.717, 1.165) is 41.8 Å². The Morgan fingerprint density at radius 2 is 2.12 bits per heavy atom. The second-order valence-electron chi connectivity index (χ2n) is 6.29. The minimum absolute atomic E-state index is 0.345. The van der Waals surface area contributed by atoms with Gasteiger partial charge in [0.05, 0.1) is 7.11 Å². The van der Waals surface area contributed by atoms with Crippen molar-refractivity contribution < 1.29 is 4.74 Å². The van der Waals surface area contributed by atoms with Crippen molar-refractivity contribution in [2.75, 3.05) is 32.1 Å². The van der Waals surface area contributed by atoms with Crippen LogP contribution < -0.4 is 20.3 Å². The Labute approximate surface area is 160 Å². The van der Waals surface area contributed by atoms with Gasteiger partial charge in [-0.1, -0.05) is 35.9 Å². The molecule has 1 aliphatic heterocycles. The van der Waals surface area contributed by atoms with Crippen molar-refractivity contribution in [1.29, 1.82) is 0 Å². The van der Waals surface area contributed by atoms with Crippen molar-refractivity contribution in [2.45, 2.75) is 19.0 Å². The maximum atomic E-state index is 6.11. The number of hydrogen-bond acceptors (Lipinski definition) is 3. The topological polar surface area (TPSA) is 48.9 Å². The number of para-hydroxylation sites is 1. The van der Waals surface area contributed by atoms with Gasteiger partial charge in [0.25, 0.3) is 0 Å². The quantitative estimate of drug-likeness (QED) is 0.624. The third-order valence-electron chi connectivity index (χ3n) is 4.56. The molecule has 5 nitrogen and oxygen atoms in total. The van der Waals surface area contributed by atoms with Gasteiger partial charge in [-0.15, -0.1) is 0 Å². The van der Waals surface area contributed by atoms with Crippen LogP contribution in [-0.4, -0.2) is 39.2 Å². The molecule has 1 unspecified atom stereocenters. The number of benzene rings is 2. The predicted octanol–water partition coefficient (Wildman–Crippen LogP) is 3.29. The number of anilines is 1. The summed E-state index contributed by atoms with van der Waals surface area (Å²) in [6, 6.07) is 16.4. The summed E-state index contributed by atoms with van der Waals surface area (Å²) in [6.45, 7) is 2.59. The molecule has 26 heavy (non-hydrogen) atoms. The number of guanidine groups is 1. The second-order valence-corrected chi connectivity index (χ2v) is 6.73. The Morgan fingerprint density at radius 3 is 2.88 bits per heavy atom. The van der Waals surface area contributed by atoms with E-state index in [1.165, 1.54) is 5.69 Å². The van der Waals surface area contributed by atoms with Crippen LogP contribution in [-0.2, 0) is 6.54 Å². The molecular weight excluding hydrogens is 348 g/mol. The van der Waals surface area contributed by atoms with Gasteiger partial charge in [0, 0.05) is 49.0 Å². The molecule has 0 spiro atoms. The summed E-state index contributed by atoms with van der Waals surface area (Å²) in [6.07, 6.45) is 1.06. The van der Waals surface area contributed by atoms with E-state index in [2.05, 4.69) is 32.7 Å². The number of rotatable bonds is 5. The van der Waals surface area contributed by atoms with Crippen LogP contribution >= 0.6 is 11.6 Å². The molecule has 0 bridgehead atoms. The van der Waals surface area contributed by atoms with Crippen molar-refractivity contribution in [3.05, 3.63) is 59.1 Å². The number of halogens is 1. The van der Waals surface area contributed by atoms with Crippen molar-refractivity contribution in [3.63, 3.8) is 0 Å². The van der Waals surface area contributed by atoms with Crippen molar-refractivity contribution >= 4 is 23.2 Å². The van der Waals surface area contributed by atoms with Gasteiger partial charge in [0.1, 0.15) is 5.75 Å². The highest BCUT2D eigenvalue weighted by molar-refractivity contribution is 6.30. The Balaban J connectivity index is 1.54. The van der Waals surface area contributed by atoms with Gasteiger partial charge < -0.3 is 20.3 Å². The molecular formula is C20H25ClN4O. The van der Waals surface area contributed by atoms with E-state index in [1.807, 2.05) is 36.4 Å². The van der Waals surface area contributed by atoms with E-state index in [4.69, 9.17) is 16.3 Å². The molecule has 0 aliphatic carbocycles. The lowest BCUT2D eigenvalue weighted by atomic mass is 10.2. The zero-order valence-electron chi connectivity index (χ0n) is 15.2. The SMILES string of the molecule is CN=C(NCc1ccccc1OC)NC1CCN(c2cccc(Cl)c2)C1. The summed E-state index contributed by atoms with van der Waals surface area (Å²) >= 11 is 6.11. The molecule has 0 saturated carbocycles. The molecule has 1 atom stereocenters. The number of nitrogens with zero attached hydrogens (tertiary/aromatic N) is 2. The highest BCUT2D eigenvalue weighted by atomic mass is 35.5. The van der Waals surface area contributed by atoms with Crippen LogP contribution in [0.25, 0.3) is 0 Å². The number of ether oxygens (including phenoxy) is 1. The lowest BCUT2D eigenvalue weighted by molar-refractivity contribution is 0.409. The highest BCUT2D eigenvalue weighted by Crippen LogP contribution is 2.23. The molecule has 1 aliphatic rings. The molecule has 2 aromatic rings. The summed E-state index contributed by atoms with van der Waals surface area (Å²) in [4.78, 5) is 6.69. The maximum Gasteiger partial charge on any atom is 0.191 e. The fourth-order valence-electron chi connectivity index (χ4n) is 3.20. The van der Waals surface area contributed by atoms with Crippen LogP contribution in [0.1, 0.15) is 12.0 Å². The van der Waals surface area contributed by atoms with Crippen LogP contribution in [0.3, 0.4) is 0 Å². The zero-order valence-corrected chi connectivity index (χ0v) is 16.0. The minimum Gasteiger partial charge on any atom is -0.496 e. The molecule has 1 heterocycles. The monoisotopic (exact) mass is 372 g/mol. The first-order chi connectivity index (χ1) is 12.7. The van der Waals surface area contributed by atoms with Gasteiger partial charge in [-0.3, -0.25) is 4.99 Å². The molecule has 6 heteroatoms. The average molecular weight is 373 g/mol. The van der Waals surface area contributed by atoms with Crippen LogP contribution in [0.2, 0.25) is 5.02 Å². The molecule has 0 amide bonds. The Bertz CT molecular complexity index is 765. The van der Waals surface area contributed by atoms with Crippen LogP contribution in [0.5, 0.6) is 5.75 Å². The van der Waals surface area contributed by atoms with E-state index in [-0.39, 0.29) is 0 Å².